The van der Waals surface area contributed by atoms with Crippen LogP contribution in [0.5, 0.6) is 0 Å². The molecular weight excluding hydrogens is 326 g/mol. The highest BCUT2D eigenvalue weighted by molar-refractivity contribution is 7.89. The quantitative estimate of drug-likeness (QED) is 0.843. The summed E-state index contributed by atoms with van der Waals surface area (Å²) in [6.45, 7) is -0.0103. The van der Waals surface area contributed by atoms with Gasteiger partial charge in [0, 0.05) is 36.1 Å². The fourth-order valence-corrected chi connectivity index (χ4v) is 2.86. The van der Waals surface area contributed by atoms with Crippen molar-refractivity contribution in [3.63, 3.8) is 0 Å². The van der Waals surface area contributed by atoms with E-state index in [0.29, 0.717) is 10.7 Å². The summed E-state index contributed by atoms with van der Waals surface area (Å²) in [7, 11) is -3.65. The first-order chi connectivity index (χ1) is 10.5. The van der Waals surface area contributed by atoms with Crippen molar-refractivity contribution in [3.8, 4) is 0 Å². The number of hydrogen-bond acceptors (Lipinski definition) is 4. The number of carbonyl (C=O) groups excluding carboxylic acids is 1. The molecule has 0 saturated heterocycles. The van der Waals surface area contributed by atoms with E-state index in [1.165, 1.54) is 24.5 Å². The zero-order valence-electron chi connectivity index (χ0n) is 11.5. The first-order valence-electron chi connectivity index (χ1n) is 6.42. The molecule has 116 valence electrons. The largest absolute Gasteiger partial charge is 0.326 e. The molecule has 2 rings (SSSR count). The molecule has 6 nitrogen and oxygen atoms in total. The molecule has 0 aliphatic heterocycles. The van der Waals surface area contributed by atoms with Gasteiger partial charge in [0.25, 0.3) is 0 Å². The van der Waals surface area contributed by atoms with Crippen LogP contribution in [0.3, 0.4) is 0 Å². The Kier molecular flexibility index (Phi) is 5.48. The van der Waals surface area contributed by atoms with E-state index >= 15 is 0 Å². The first kappa shape index (κ1) is 16.4. The van der Waals surface area contributed by atoms with E-state index in [1.807, 2.05) is 0 Å². The van der Waals surface area contributed by atoms with Gasteiger partial charge in [-0.1, -0.05) is 17.7 Å². The van der Waals surface area contributed by atoms with Crippen LogP contribution in [0.4, 0.5) is 5.69 Å². The second kappa shape index (κ2) is 7.35. The van der Waals surface area contributed by atoms with Crippen LogP contribution in [0.2, 0.25) is 5.02 Å². The number of benzene rings is 1. The SMILES string of the molecule is O=C(CCNS(=O)(=O)c1cccnc1)Nc1cccc(Cl)c1. The van der Waals surface area contributed by atoms with E-state index in [2.05, 4.69) is 15.0 Å². The molecule has 2 aromatic rings. The minimum absolute atomic E-state index is 0.00596. The second-order valence-electron chi connectivity index (χ2n) is 4.40. The summed E-state index contributed by atoms with van der Waals surface area (Å²) in [5, 5.41) is 3.15. The standard InChI is InChI=1S/C14H14ClN3O3S/c15-11-3-1-4-12(9-11)18-14(19)6-8-17-22(20,21)13-5-2-7-16-10-13/h1-5,7,9-10,17H,6,8H2,(H,18,19). The highest BCUT2D eigenvalue weighted by atomic mass is 35.5. The van der Waals surface area contributed by atoms with Gasteiger partial charge >= 0.3 is 0 Å². The smallest absolute Gasteiger partial charge is 0.242 e. The summed E-state index contributed by atoms with van der Waals surface area (Å²) in [5.41, 5.74) is 0.563. The zero-order chi connectivity index (χ0) is 16.0. The molecule has 0 aliphatic rings. The predicted molar refractivity (Wildman–Crippen MR) is 84.1 cm³/mol. The molecule has 0 atom stereocenters. The van der Waals surface area contributed by atoms with Crippen molar-refractivity contribution in [1.29, 1.82) is 0 Å². The summed E-state index contributed by atoms with van der Waals surface area (Å²) >= 11 is 5.81. The highest BCUT2D eigenvalue weighted by Crippen LogP contribution is 2.15. The summed E-state index contributed by atoms with van der Waals surface area (Å²) in [6.07, 6.45) is 2.73. The average Bonchev–Trinajstić information content (AvgIpc) is 2.48. The van der Waals surface area contributed by atoms with Gasteiger partial charge in [-0.2, -0.15) is 0 Å². The van der Waals surface area contributed by atoms with Gasteiger partial charge in [0.2, 0.25) is 15.9 Å². The molecule has 0 saturated carbocycles. The molecule has 0 unspecified atom stereocenters. The van der Waals surface area contributed by atoms with E-state index in [4.69, 9.17) is 11.6 Å². The fraction of sp³-hybridized carbons (Fsp3) is 0.143. The molecule has 0 fully saturated rings. The number of nitrogens with zero attached hydrogens (tertiary/aromatic N) is 1. The number of pyridine rings is 1. The lowest BCUT2D eigenvalue weighted by Crippen LogP contribution is -2.27. The monoisotopic (exact) mass is 339 g/mol. The van der Waals surface area contributed by atoms with Gasteiger partial charge in [-0.25, -0.2) is 13.1 Å². The molecule has 0 bridgehead atoms. The van der Waals surface area contributed by atoms with Gasteiger partial charge < -0.3 is 5.32 Å². The van der Waals surface area contributed by atoms with Crippen LogP contribution in [-0.4, -0.2) is 25.9 Å². The molecule has 0 aliphatic carbocycles. The Morgan fingerprint density at radius 3 is 2.73 bits per heavy atom. The third-order valence-corrected chi connectivity index (χ3v) is 4.38. The van der Waals surface area contributed by atoms with Gasteiger partial charge in [-0.05, 0) is 30.3 Å². The Labute approximate surface area is 133 Å². The van der Waals surface area contributed by atoms with Crippen molar-refractivity contribution >= 4 is 33.2 Å². The number of hydrogen-bond donors (Lipinski definition) is 2. The van der Waals surface area contributed by atoms with Crippen LogP contribution >= 0.6 is 11.6 Å². The Morgan fingerprint density at radius 1 is 1.23 bits per heavy atom. The maximum absolute atomic E-state index is 11.9. The third-order valence-electron chi connectivity index (χ3n) is 2.70. The van der Waals surface area contributed by atoms with Crippen molar-refractivity contribution in [2.24, 2.45) is 0 Å². The molecule has 1 aromatic heterocycles. The molecule has 2 N–H and O–H groups in total. The number of halogens is 1. The number of carbonyl (C=O) groups is 1. The minimum atomic E-state index is -3.65. The fourth-order valence-electron chi connectivity index (χ4n) is 1.68. The van der Waals surface area contributed by atoms with Crippen LogP contribution in [0.25, 0.3) is 0 Å². The summed E-state index contributed by atoms with van der Waals surface area (Å²) in [4.78, 5) is 15.6. The van der Waals surface area contributed by atoms with Crippen molar-refractivity contribution in [2.75, 3.05) is 11.9 Å². The van der Waals surface area contributed by atoms with Gasteiger partial charge in [0.1, 0.15) is 4.90 Å². The molecule has 0 radical (unpaired) electrons. The molecule has 1 amide bonds. The molecule has 8 heteroatoms. The Balaban J connectivity index is 1.85. The lowest BCUT2D eigenvalue weighted by molar-refractivity contribution is -0.116. The van der Waals surface area contributed by atoms with Gasteiger partial charge in [0.15, 0.2) is 0 Å². The second-order valence-corrected chi connectivity index (χ2v) is 6.60. The Morgan fingerprint density at radius 2 is 2.05 bits per heavy atom. The predicted octanol–water partition coefficient (Wildman–Crippen LogP) is 2.04. The van der Waals surface area contributed by atoms with Crippen molar-refractivity contribution in [3.05, 3.63) is 53.8 Å². The first-order valence-corrected chi connectivity index (χ1v) is 8.28. The van der Waals surface area contributed by atoms with E-state index in [9.17, 15) is 13.2 Å². The van der Waals surface area contributed by atoms with Gasteiger partial charge in [0.05, 0.1) is 0 Å². The lowest BCUT2D eigenvalue weighted by Gasteiger charge is -2.07. The normalized spacial score (nSPS) is 11.1. The minimum Gasteiger partial charge on any atom is -0.326 e. The van der Waals surface area contributed by atoms with Crippen LogP contribution in [0.15, 0.2) is 53.7 Å². The molecule has 22 heavy (non-hydrogen) atoms. The third kappa shape index (κ3) is 4.80. The number of anilines is 1. The number of aromatic nitrogens is 1. The number of rotatable bonds is 6. The average molecular weight is 340 g/mol. The maximum atomic E-state index is 11.9. The Hall–Kier alpha value is -1.96. The molecule has 0 spiro atoms. The lowest BCUT2D eigenvalue weighted by atomic mass is 10.3. The summed E-state index contributed by atoms with van der Waals surface area (Å²) < 4.78 is 26.2. The van der Waals surface area contributed by atoms with E-state index in [0.717, 1.165) is 0 Å². The van der Waals surface area contributed by atoms with Crippen LogP contribution in [0.1, 0.15) is 6.42 Å². The van der Waals surface area contributed by atoms with Gasteiger partial charge in [-0.3, -0.25) is 9.78 Å². The van der Waals surface area contributed by atoms with E-state index in [-0.39, 0.29) is 23.8 Å². The van der Waals surface area contributed by atoms with Crippen molar-refractivity contribution < 1.29 is 13.2 Å². The maximum Gasteiger partial charge on any atom is 0.242 e. The van der Waals surface area contributed by atoms with Crippen LogP contribution < -0.4 is 10.0 Å². The van der Waals surface area contributed by atoms with Gasteiger partial charge in [-0.15, -0.1) is 0 Å². The molecule has 1 heterocycles. The topological polar surface area (TPSA) is 88.2 Å². The molecular formula is C14H14ClN3O3S. The molecule has 1 aromatic carbocycles. The van der Waals surface area contributed by atoms with Crippen LogP contribution in [0, 0.1) is 0 Å². The van der Waals surface area contributed by atoms with Crippen molar-refractivity contribution in [1.82, 2.24) is 9.71 Å². The van der Waals surface area contributed by atoms with E-state index < -0.39 is 10.0 Å². The van der Waals surface area contributed by atoms with E-state index in [1.54, 1.807) is 24.3 Å². The highest BCUT2D eigenvalue weighted by Gasteiger charge is 2.14. The Bertz CT molecular complexity index is 751. The number of nitrogens with one attached hydrogen (secondary N) is 2. The number of amides is 1. The van der Waals surface area contributed by atoms with Crippen LogP contribution in [-0.2, 0) is 14.8 Å². The zero-order valence-corrected chi connectivity index (χ0v) is 13.1. The summed E-state index contributed by atoms with van der Waals surface area (Å²) in [6, 6.07) is 9.67. The summed E-state index contributed by atoms with van der Waals surface area (Å²) in [5.74, 6) is -0.309. The number of sulfonamides is 1. The van der Waals surface area contributed by atoms with Crippen molar-refractivity contribution in [2.45, 2.75) is 11.3 Å².